The number of benzene rings is 1. The molecule has 0 saturated heterocycles. The number of methoxy groups -OCH3 is 1. The zero-order valence-corrected chi connectivity index (χ0v) is 10.2. The summed E-state index contributed by atoms with van der Waals surface area (Å²) in [6, 6.07) is 5.61. The van der Waals surface area contributed by atoms with Crippen molar-refractivity contribution >= 4 is 17.7 Å². The van der Waals surface area contributed by atoms with E-state index >= 15 is 0 Å². The fourth-order valence-corrected chi connectivity index (χ4v) is 1.38. The number of carbonyl (C=O) groups is 1. The van der Waals surface area contributed by atoms with Crippen LogP contribution in [0.5, 0.6) is 5.75 Å². The van der Waals surface area contributed by atoms with E-state index in [1.165, 1.54) is 6.92 Å². The number of hydrogen-bond acceptors (Lipinski definition) is 3. The number of carbonyl (C=O) groups excluding carboxylic acids is 1. The van der Waals surface area contributed by atoms with Crippen LogP contribution in [-0.2, 0) is 4.79 Å². The van der Waals surface area contributed by atoms with Gasteiger partial charge in [0.2, 0.25) is 5.91 Å². The van der Waals surface area contributed by atoms with Crippen molar-refractivity contribution in [1.29, 1.82) is 0 Å². The highest BCUT2D eigenvalue weighted by molar-refractivity contribution is 5.72. The Morgan fingerprint density at radius 1 is 1.53 bits per heavy atom. The Labute approximate surface area is 101 Å². The standard InChI is InChI=1S/C13H18N2O2/c1-10(16)15-8-4-3-5-11-6-7-12(14)13(9-11)17-2/h3,5-7,9H,4,8,14H2,1-2H3,(H,15,16). The number of anilines is 1. The number of amides is 1. The molecule has 3 N–H and O–H groups in total. The van der Waals surface area contributed by atoms with Crippen LogP contribution in [0.3, 0.4) is 0 Å². The summed E-state index contributed by atoms with van der Waals surface area (Å²) < 4.78 is 5.13. The minimum Gasteiger partial charge on any atom is -0.495 e. The molecule has 0 spiro atoms. The summed E-state index contributed by atoms with van der Waals surface area (Å²) in [5.41, 5.74) is 7.37. The molecular formula is C13H18N2O2. The van der Waals surface area contributed by atoms with Gasteiger partial charge in [-0.05, 0) is 24.1 Å². The Balaban J connectivity index is 2.50. The highest BCUT2D eigenvalue weighted by Gasteiger charge is 1.98. The van der Waals surface area contributed by atoms with Crippen LogP contribution in [0.25, 0.3) is 6.08 Å². The van der Waals surface area contributed by atoms with E-state index in [-0.39, 0.29) is 5.91 Å². The van der Waals surface area contributed by atoms with Crippen molar-refractivity contribution in [2.24, 2.45) is 0 Å². The summed E-state index contributed by atoms with van der Waals surface area (Å²) in [6.45, 7) is 2.16. The Kier molecular flexibility index (Phi) is 5.07. The molecule has 4 nitrogen and oxygen atoms in total. The van der Waals surface area contributed by atoms with Crippen molar-refractivity contribution in [1.82, 2.24) is 5.32 Å². The lowest BCUT2D eigenvalue weighted by molar-refractivity contribution is -0.118. The summed E-state index contributed by atoms with van der Waals surface area (Å²) in [5, 5.41) is 2.73. The fraction of sp³-hybridized carbons (Fsp3) is 0.308. The Hall–Kier alpha value is -1.97. The molecule has 17 heavy (non-hydrogen) atoms. The minimum atomic E-state index is -0.00689. The van der Waals surface area contributed by atoms with Crippen LogP contribution >= 0.6 is 0 Å². The predicted molar refractivity (Wildman–Crippen MR) is 69.7 cm³/mol. The largest absolute Gasteiger partial charge is 0.495 e. The van der Waals surface area contributed by atoms with Gasteiger partial charge in [-0.25, -0.2) is 0 Å². The second-order valence-corrected chi connectivity index (χ2v) is 3.68. The third-order valence-corrected chi connectivity index (χ3v) is 2.25. The SMILES string of the molecule is COc1cc(C=CCCNC(C)=O)ccc1N. The first-order valence-electron chi connectivity index (χ1n) is 5.48. The van der Waals surface area contributed by atoms with Crippen LogP contribution in [0.15, 0.2) is 24.3 Å². The number of nitrogens with one attached hydrogen (secondary N) is 1. The van der Waals surface area contributed by atoms with Gasteiger partial charge in [0.1, 0.15) is 5.75 Å². The van der Waals surface area contributed by atoms with E-state index < -0.39 is 0 Å². The van der Waals surface area contributed by atoms with Gasteiger partial charge in [0.15, 0.2) is 0 Å². The molecule has 0 radical (unpaired) electrons. The number of nitrogen functional groups attached to an aromatic ring is 1. The zero-order chi connectivity index (χ0) is 12.7. The first kappa shape index (κ1) is 13.1. The normalized spacial score (nSPS) is 10.5. The van der Waals surface area contributed by atoms with Crippen LogP contribution in [-0.4, -0.2) is 19.6 Å². The van der Waals surface area contributed by atoms with Gasteiger partial charge >= 0.3 is 0 Å². The Bertz CT molecular complexity index is 414. The van der Waals surface area contributed by atoms with Gasteiger partial charge in [0, 0.05) is 13.5 Å². The average Bonchev–Trinajstić information content (AvgIpc) is 2.30. The third-order valence-electron chi connectivity index (χ3n) is 2.25. The molecule has 0 fully saturated rings. The first-order valence-corrected chi connectivity index (χ1v) is 5.48. The number of nitrogens with two attached hydrogens (primary N) is 1. The molecule has 0 unspecified atom stereocenters. The van der Waals surface area contributed by atoms with Crippen molar-refractivity contribution in [3.8, 4) is 5.75 Å². The summed E-state index contributed by atoms with van der Waals surface area (Å²) in [7, 11) is 1.59. The predicted octanol–water partition coefficient (Wildman–Crippen LogP) is 1.82. The second kappa shape index (κ2) is 6.58. The van der Waals surface area contributed by atoms with Crippen molar-refractivity contribution in [3.63, 3.8) is 0 Å². The van der Waals surface area contributed by atoms with Gasteiger partial charge in [0.05, 0.1) is 12.8 Å². The molecule has 0 bridgehead atoms. The van der Waals surface area contributed by atoms with E-state index in [1.807, 2.05) is 30.4 Å². The second-order valence-electron chi connectivity index (χ2n) is 3.68. The molecule has 0 heterocycles. The van der Waals surface area contributed by atoms with Crippen LogP contribution < -0.4 is 15.8 Å². The summed E-state index contributed by atoms with van der Waals surface area (Å²) in [4.78, 5) is 10.6. The van der Waals surface area contributed by atoms with Gasteiger partial charge in [0.25, 0.3) is 0 Å². The van der Waals surface area contributed by atoms with E-state index in [4.69, 9.17) is 10.5 Å². The molecule has 0 aliphatic carbocycles. The molecule has 0 atom stereocenters. The molecule has 92 valence electrons. The molecular weight excluding hydrogens is 216 g/mol. The smallest absolute Gasteiger partial charge is 0.216 e. The molecule has 0 aliphatic heterocycles. The lowest BCUT2D eigenvalue weighted by Gasteiger charge is -2.04. The molecule has 1 rings (SSSR count). The van der Waals surface area contributed by atoms with Crippen LogP contribution in [0, 0.1) is 0 Å². The van der Waals surface area contributed by atoms with Crippen LogP contribution in [0.4, 0.5) is 5.69 Å². The maximum Gasteiger partial charge on any atom is 0.216 e. The average molecular weight is 234 g/mol. The quantitative estimate of drug-likeness (QED) is 0.603. The van der Waals surface area contributed by atoms with Crippen molar-refractivity contribution in [3.05, 3.63) is 29.8 Å². The van der Waals surface area contributed by atoms with E-state index in [9.17, 15) is 4.79 Å². The first-order chi connectivity index (χ1) is 8.13. The molecule has 4 heteroatoms. The summed E-state index contributed by atoms with van der Waals surface area (Å²) in [5.74, 6) is 0.668. The van der Waals surface area contributed by atoms with Gasteiger partial charge in [-0.1, -0.05) is 18.2 Å². The third kappa shape index (κ3) is 4.59. The van der Waals surface area contributed by atoms with Crippen molar-refractivity contribution < 1.29 is 9.53 Å². The maximum absolute atomic E-state index is 10.6. The lowest BCUT2D eigenvalue weighted by Crippen LogP contribution is -2.20. The van der Waals surface area contributed by atoms with Crippen molar-refractivity contribution in [2.45, 2.75) is 13.3 Å². The van der Waals surface area contributed by atoms with E-state index in [0.29, 0.717) is 18.0 Å². The molecule has 0 aliphatic rings. The lowest BCUT2D eigenvalue weighted by atomic mass is 10.1. The van der Waals surface area contributed by atoms with Gasteiger partial charge in [-0.3, -0.25) is 4.79 Å². The van der Waals surface area contributed by atoms with Crippen LogP contribution in [0.2, 0.25) is 0 Å². The summed E-state index contributed by atoms with van der Waals surface area (Å²) >= 11 is 0. The zero-order valence-electron chi connectivity index (χ0n) is 10.2. The van der Waals surface area contributed by atoms with Crippen LogP contribution in [0.1, 0.15) is 18.9 Å². The maximum atomic E-state index is 10.6. The highest BCUT2D eigenvalue weighted by Crippen LogP contribution is 2.22. The molecule has 0 aromatic heterocycles. The number of rotatable bonds is 5. The van der Waals surface area contributed by atoms with Gasteiger partial charge in [-0.2, -0.15) is 0 Å². The number of hydrogen-bond donors (Lipinski definition) is 2. The van der Waals surface area contributed by atoms with Gasteiger partial charge < -0.3 is 15.8 Å². The van der Waals surface area contributed by atoms with E-state index in [1.54, 1.807) is 7.11 Å². The number of ether oxygens (including phenoxy) is 1. The fourth-order valence-electron chi connectivity index (χ4n) is 1.38. The monoisotopic (exact) mass is 234 g/mol. The highest BCUT2D eigenvalue weighted by atomic mass is 16.5. The van der Waals surface area contributed by atoms with E-state index in [0.717, 1.165) is 12.0 Å². The van der Waals surface area contributed by atoms with E-state index in [2.05, 4.69) is 5.32 Å². The minimum absolute atomic E-state index is 0.00689. The Morgan fingerprint density at radius 3 is 2.94 bits per heavy atom. The summed E-state index contributed by atoms with van der Waals surface area (Å²) in [6.07, 6.45) is 4.77. The Morgan fingerprint density at radius 2 is 2.29 bits per heavy atom. The molecule has 1 aromatic rings. The molecule has 0 saturated carbocycles. The topological polar surface area (TPSA) is 64.3 Å². The molecule has 1 aromatic carbocycles. The molecule has 1 amide bonds. The van der Waals surface area contributed by atoms with Crippen molar-refractivity contribution in [2.75, 3.05) is 19.4 Å². The van der Waals surface area contributed by atoms with Gasteiger partial charge in [-0.15, -0.1) is 0 Å².